The summed E-state index contributed by atoms with van der Waals surface area (Å²) in [5.41, 5.74) is 11.5. The molecule has 0 aliphatic rings. The highest BCUT2D eigenvalue weighted by Gasteiger charge is 2.21. The maximum absolute atomic E-state index is 11.3. The molecule has 3 rings (SSSR count). The maximum Gasteiger partial charge on any atom is 0.425 e. The van der Waals surface area contributed by atoms with E-state index in [1.54, 1.807) is 7.11 Å². The van der Waals surface area contributed by atoms with Gasteiger partial charge in [-0.3, -0.25) is 5.43 Å². The predicted octanol–water partition coefficient (Wildman–Crippen LogP) is 4.96. The highest BCUT2D eigenvalue weighted by molar-refractivity contribution is 6.00. The quantitative estimate of drug-likeness (QED) is 0.557. The Morgan fingerprint density at radius 1 is 1.11 bits per heavy atom. The van der Waals surface area contributed by atoms with Crippen LogP contribution in [0.1, 0.15) is 31.0 Å². The van der Waals surface area contributed by atoms with Crippen molar-refractivity contribution in [3.8, 4) is 16.9 Å². The molecule has 3 aromatic rings. The number of aromatic amines is 1. The molecule has 2 aromatic carbocycles. The first kappa shape index (κ1) is 18.6. The number of fused-ring (bicyclic) bond motifs is 1. The number of carbonyl (C=O) groups is 1. The number of nitrogens with one attached hydrogen (secondary N) is 3. The summed E-state index contributed by atoms with van der Waals surface area (Å²) in [6.07, 6.45) is -0.561. The second-order valence-corrected chi connectivity index (χ2v) is 6.73. The first-order valence-corrected chi connectivity index (χ1v) is 8.85. The number of aromatic nitrogens is 1. The summed E-state index contributed by atoms with van der Waals surface area (Å²) in [6, 6.07) is 12.1. The number of para-hydroxylation sites is 1. The summed E-state index contributed by atoms with van der Waals surface area (Å²) < 4.78 is 10.3. The van der Waals surface area contributed by atoms with Crippen molar-refractivity contribution >= 4 is 22.7 Å². The SMILES string of the molecule is COC(=O)NNc1cc(C)c(-c2c(C(C)C)[nH]c3ccccc23)c(OC)c1. The fraction of sp³-hybridized carbons (Fsp3) is 0.286. The van der Waals surface area contributed by atoms with Gasteiger partial charge in [-0.25, -0.2) is 10.2 Å². The molecule has 1 aromatic heterocycles. The van der Waals surface area contributed by atoms with Crippen molar-refractivity contribution in [2.45, 2.75) is 26.7 Å². The van der Waals surface area contributed by atoms with E-state index in [4.69, 9.17) is 4.74 Å². The average molecular weight is 367 g/mol. The van der Waals surface area contributed by atoms with E-state index in [9.17, 15) is 4.79 Å². The van der Waals surface area contributed by atoms with Crippen molar-refractivity contribution in [3.05, 3.63) is 47.7 Å². The normalized spacial score (nSPS) is 10.9. The topological polar surface area (TPSA) is 75.4 Å². The monoisotopic (exact) mass is 367 g/mol. The van der Waals surface area contributed by atoms with Crippen LogP contribution < -0.4 is 15.6 Å². The smallest absolute Gasteiger partial charge is 0.425 e. The first-order chi connectivity index (χ1) is 13.0. The van der Waals surface area contributed by atoms with Crippen molar-refractivity contribution in [1.82, 2.24) is 10.4 Å². The fourth-order valence-corrected chi connectivity index (χ4v) is 3.35. The molecule has 0 aliphatic heterocycles. The van der Waals surface area contributed by atoms with Gasteiger partial charge in [-0.15, -0.1) is 0 Å². The Balaban J connectivity index is 2.16. The minimum Gasteiger partial charge on any atom is -0.496 e. The van der Waals surface area contributed by atoms with E-state index in [2.05, 4.69) is 46.6 Å². The molecule has 6 nitrogen and oxygen atoms in total. The van der Waals surface area contributed by atoms with E-state index < -0.39 is 6.09 Å². The highest BCUT2D eigenvalue weighted by Crippen LogP contribution is 2.43. The number of hydrogen-bond acceptors (Lipinski definition) is 4. The number of H-pyrrole nitrogens is 1. The van der Waals surface area contributed by atoms with Crippen LogP contribution in [0, 0.1) is 6.92 Å². The molecule has 6 heteroatoms. The molecular weight excluding hydrogens is 342 g/mol. The van der Waals surface area contributed by atoms with E-state index in [-0.39, 0.29) is 0 Å². The number of hydrazine groups is 1. The lowest BCUT2D eigenvalue weighted by atomic mass is 9.93. The molecule has 27 heavy (non-hydrogen) atoms. The third-order valence-corrected chi connectivity index (χ3v) is 4.58. The summed E-state index contributed by atoms with van der Waals surface area (Å²) in [5, 5.41) is 1.16. The van der Waals surface area contributed by atoms with Gasteiger partial charge in [-0.2, -0.15) is 0 Å². The van der Waals surface area contributed by atoms with Crippen LogP contribution in [-0.2, 0) is 4.74 Å². The molecule has 0 atom stereocenters. The van der Waals surface area contributed by atoms with E-state index in [0.29, 0.717) is 11.6 Å². The molecular formula is C21H25N3O3. The van der Waals surface area contributed by atoms with Crippen LogP contribution in [0.3, 0.4) is 0 Å². The van der Waals surface area contributed by atoms with Gasteiger partial charge in [0.2, 0.25) is 0 Å². The van der Waals surface area contributed by atoms with Crippen molar-refractivity contribution < 1.29 is 14.3 Å². The maximum atomic E-state index is 11.3. The third kappa shape index (κ3) is 3.56. The number of anilines is 1. The standard InChI is InChI=1S/C21H25N3O3/c1-12(2)20-19(15-8-6-7-9-16(15)22-20)18-13(3)10-14(11-17(18)26-4)23-24-21(25)27-5/h6-12,22-23H,1-5H3,(H,24,25). The summed E-state index contributed by atoms with van der Waals surface area (Å²) in [6.45, 7) is 6.38. The largest absolute Gasteiger partial charge is 0.496 e. The number of amides is 1. The van der Waals surface area contributed by atoms with Gasteiger partial charge in [0.1, 0.15) is 5.75 Å². The summed E-state index contributed by atoms with van der Waals surface area (Å²) in [5.74, 6) is 1.06. The third-order valence-electron chi connectivity index (χ3n) is 4.58. The number of ether oxygens (including phenoxy) is 2. The van der Waals surface area contributed by atoms with E-state index in [0.717, 1.165) is 33.3 Å². The molecule has 142 valence electrons. The van der Waals surface area contributed by atoms with Crippen LogP contribution in [0.5, 0.6) is 5.75 Å². The minimum atomic E-state index is -0.561. The Morgan fingerprint density at radius 2 is 1.85 bits per heavy atom. The van der Waals surface area contributed by atoms with Gasteiger partial charge >= 0.3 is 6.09 Å². The number of methoxy groups -OCH3 is 2. The zero-order chi connectivity index (χ0) is 19.6. The molecule has 0 fully saturated rings. The minimum absolute atomic E-state index is 0.329. The Hall–Kier alpha value is -3.15. The second kappa shape index (κ2) is 7.61. The van der Waals surface area contributed by atoms with E-state index >= 15 is 0 Å². The Labute approximate surface area is 158 Å². The Bertz CT molecular complexity index is 976. The number of benzene rings is 2. The van der Waals surface area contributed by atoms with Crippen molar-refractivity contribution in [3.63, 3.8) is 0 Å². The lowest BCUT2D eigenvalue weighted by Crippen LogP contribution is -2.29. The predicted molar refractivity (Wildman–Crippen MR) is 108 cm³/mol. The molecule has 1 heterocycles. The van der Waals surface area contributed by atoms with Gasteiger partial charge in [-0.1, -0.05) is 32.0 Å². The second-order valence-electron chi connectivity index (χ2n) is 6.73. The van der Waals surface area contributed by atoms with Gasteiger partial charge < -0.3 is 14.5 Å². The summed E-state index contributed by atoms with van der Waals surface area (Å²) in [4.78, 5) is 14.9. The molecule has 0 spiro atoms. The Kier molecular flexibility index (Phi) is 5.26. The van der Waals surface area contributed by atoms with Gasteiger partial charge in [0.05, 0.1) is 19.9 Å². The van der Waals surface area contributed by atoms with Gasteiger partial charge in [0.25, 0.3) is 0 Å². The van der Waals surface area contributed by atoms with Crippen LogP contribution in [0.4, 0.5) is 10.5 Å². The summed E-state index contributed by atoms with van der Waals surface area (Å²) >= 11 is 0. The van der Waals surface area contributed by atoms with Crippen molar-refractivity contribution in [1.29, 1.82) is 0 Å². The van der Waals surface area contributed by atoms with Gasteiger partial charge in [0.15, 0.2) is 0 Å². The number of aryl methyl sites for hydroxylation is 1. The van der Waals surface area contributed by atoms with Gasteiger partial charge in [-0.05, 0) is 30.5 Å². The molecule has 3 N–H and O–H groups in total. The molecule has 0 radical (unpaired) electrons. The van der Waals surface area contributed by atoms with E-state index in [1.165, 1.54) is 12.8 Å². The van der Waals surface area contributed by atoms with Crippen molar-refractivity contribution in [2.75, 3.05) is 19.6 Å². The lowest BCUT2D eigenvalue weighted by Gasteiger charge is -2.17. The lowest BCUT2D eigenvalue weighted by molar-refractivity contribution is 0.173. The molecule has 1 amide bonds. The van der Waals surface area contributed by atoms with Crippen LogP contribution in [-0.4, -0.2) is 25.3 Å². The highest BCUT2D eigenvalue weighted by atomic mass is 16.5. The van der Waals surface area contributed by atoms with Crippen LogP contribution in [0.25, 0.3) is 22.0 Å². The summed E-state index contributed by atoms with van der Waals surface area (Å²) in [7, 11) is 2.97. The average Bonchev–Trinajstić information content (AvgIpc) is 3.05. The van der Waals surface area contributed by atoms with Crippen LogP contribution in [0.15, 0.2) is 36.4 Å². The zero-order valence-electron chi connectivity index (χ0n) is 16.3. The molecule has 0 aliphatic carbocycles. The molecule has 0 unspecified atom stereocenters. The van der Waals surface area contributed by atoms with Gasteiger partial charge in [0, 0.05) is 33.8 Å². The number of carbonyl (C=O) groups excluding carboxylic acids is 1. The molecule has 0 bridgehead atoms. The van der Waals surface area contributed by atoms with Crippen LogP contribution >= 0.6 is 0 Å². The van der Waals surface area contributed by atoms with E-state index in [1.807, 2.05) is 31.2 Å². The fourth-order valence-electron chi connectivity index (χ4n) is 3.35. The van der Waals surface area contributed by atoms with Crippen molar-refractivity contribution in [2.24, 2.45) is 0 Å². The molecule has 0 saturated carbocycles. The first-order valence-electron chi connectivity index (χ1n) is 8.85. The number of rotatable bonds is 5. The zero-order valence-corrected chi connectivity index (χ0v) is 16.3. The number of hydrogen-bond donors (Lipinski definition) is 3. The molecule has 0 saturated heterocycles. The van der Waals surface area contributed by atoms with Crippen LogP contribution in [0.2, 0.25) is 0 Å². The Morgan fingerprint density at radius 3 is 2.52 bits per heavy atom.